The van der Waals surface area contributed by atoms with Gasteiger partial charge in [0.2, 0.25) is 0 Å². The lowest BCUT2D eigenvalue weighted by Crippen LogP contribution is -2.43. The average molecular weight is 439 g/mol. The molecule has 0 aromatic heterocycles. The molecule has 7 heteroatoms. The van der Waals surface area contributed by atoms with Gasteiger partial charge in [0.1, 0.15) is 5.75 Å². The minimum Gasteiger partial charge on any atom is -0.482 e. The van der Waals surface area contributed by atoms with Crippen LogP contribution in [0.2, 0.25) is 0 Å². The fraction of sp³-hybridized carbons (Fsp3) is 0.417. The van der Waals surface area contributed by atoms with Crippen molar-refractivity contribution < 1.29 is 9.53 Å². The normalized spacial score (nSPS) is 18.7. The Kier molecular flexibility index (Phi) is 7.35. The van der Waals surface area contributed by atoms with Crippen molar-refractivity contribution in [2.75, 3.05) is 50.5 Å². The highest BCUT2D eigenvalue weighted by Crippen LogP contribution is 2.31. The van der Waals surface area contributed by atoms with Crippen molar-refractivity contribution in [2.45, 2.75) is 17.7 Å². The van der Waals surface area contributed by atoms with Gasteiger partial charge in [-0.3, -0.25) is 9.79 Å². The number of amides is 1. The number of ether oxygens (including phenoxy) is 1. The zero-order valence-corrected chi connectivity index (χ0v) is 18.8. The number of nitrogens with one attached hydrogen (secondary N) is 1. The van der Waals surface area contributed by atoms with E-state index in [4.69, 9.17) is 4.74 Å². The van der Waals surface area contributed by atoms with Gasteiger partial charge in [0.15, 0.2) is 12.6 Å². The smallest absolute Gasteiger partial charge is 0.265 e. The summed E-state index contributed by atoms with van der Waals surface area (Å²) in [5, 5.41) is 3.48. The van der Waals surface area contributed by atoms with Crippen LogP contribution < -0.4 is 15.0 Å². The molecule has 2 aliphatic rings. The number of likely N-dealkylation sites (tertiary alicyclic amines) is 1. The van der Waals surface area contributed by atoms with Crippen molar-refractivity contribution >= 4 is 29.3 Å². The van der Waals surface area contributed by atoms with Crippen LogP contribution in [0.15, 0.2) is 64.5 Å². The van der Waals surface area contributed by atoms with E-state index in [1.807, 2.05) is 48.0 Å². The Morgan fingerprint density at radius 2 is 2.00 bits per heavy atom. The first-order valence-electron chi connectivity index (χ1n) is 10.9. The van der Waals surface area contributed by atoms with Crippen LogP contribution in [0.4, 0.5) is 5.69 Å². The van der Waals surface area contributed by atoms with Crippen LogP contribution >= 0.6 is 11.8 Å². The predicted molar refractivity (Wildman–Crippen MR) is 127 cm³/mol. The van der Waals surface area contributed by atoms with Crippen LogP contribution in [-0.4, -0.2) is 62.4 Å². The summed E-state index contributed by atoms with van der Waals surface area (Å²) in [4.78, 5) is 22.3. The van der Waals surface area contributed by atoms with Gasteiger partial charge in [-0.05, 0) is 43.0 Å². The minimum absolute atomic E-state index is 0.0152. The van der Waals surface area contributed by atoms with E-state index in [-0.39, 0.29) is 12.5 Å². The number of nitrogens with zero attached hydrogens (tertiary/aromatic N) is 3. The predicted octanol–water partition coefficient (Wildman–Crippen LogP) is 3.49. The molecule has 2 heterocycles. The largest absolute Gasteiger partial charge is 0.482 e. The molecule has 0 radical (unpaired) electrons. The quantitative estimate of drug-likeness (QED) is 0.310. The van der Waals surface area contributed by atoms with E-state index >= 15 is 0 Å². The van der Waals surface area contributed by atoms with E-state index in [9.17, 15) is 4.79 Å². The summed E-state index contributed by atoms with van der Waals surface area (Å²) in [7, 11) is 1.84. The van der Waals surface area contributed by atoms with Gasteiger partial charge in [-0.2, -0.15) is 0 Å². The van der Waals surface area contributed by atoms with Gasteiger partial charge in [0.25, 0.3) is 5.91 Å². The summed E-state index contributed by atoms with van der Waals surface area (Å²) >= 11 is 1.94. The SMILES string of the molecule is CN=C(NCCCN1C(=O)COc2ccccc21)N1CCC(CSc2ccccc2)C1. The third-order valence-corrected chi connectivity index (χ3v) is 6.92. The van der Waals surface area contributed by atoms with Crippen molar-refractivity contribution in [1.29, 1.82) is 0 Å². The lowest BCUT2D eigenvalue weighted by atomic mass is 10.2. The van der Waals surface area contributed by atoms with Gasteiger partial charge < -0.3 is 19.9 Å². The highest BCUT2D eigenvalue weighted by Gasteiger charge is 2.26. The van der Waals surface area contributed by atoms with Gasteiger partial charge in [0, 0.05) is 43.9 Å². The molecule has 0 saturated carbocycles. The van der Waals surface area contributed by atoms with Crippen LogP contribution in [0.1, 0.15) is 12.8 Å². The van der Waals surface area contributed by atoms with E-state index in [1.165, 1.54) is 11.3 Å². The zero-order valence-electron chi connectivity index (χ0n) is 18.0. The summed E-state index contributed by atoms with van der Waals surface area (Å²) in [6, 6.07) is 18.3. The Morgan fingerprint density at radius 1 is 1.19 bits per heavy atom. The van der Waals surface area contributed by atoms with Crippen LogP contribution in [0.25, 0.3) is 0 Å². The fourth-order valence-electron chi connectivity index (χ4n) is 4.06. The number of rotatable bonds is 7. The van der Waals surface area contributed by atoms with Crippen LogP contribution in [0.3, 0.4) is 0 Å². The van der Waals surface area contributed by atoms with Crippen molar-refractivity contribution in [3.8, 4) is 5.75 Å². The Balaban J connectivity index is 1.21. The number of fused-ring (bicyclic) bond motifs is 1. The topological polar surface area (TPSA) is 57.2 Å². The van der Waals surface area contributed by atoms with Crippen LogP contribution in [0, 0.1) is 5.92 Å². The lowest BCUT2D eigenvalue weighted by Gasteiger charge is -2.29. The van der Waals surface area contributed by atoms with Gasteiger partial charge in [0.05, 0.1) is 5.69 Å². The molecule has 2 aromatic carbocycles. The number of anilines is 1. The van der Waals surface area contributed by atoms with Gasteiger partial charge >= 0.3 is 0 Å². The number of thioether (sulfide) groups is 1. The number of carbonyl (C=O) groups is 1. The number of hydrogen-bond donors (Lipinski definition) is 1. The minimum atomic E-state index is 0.0152. The van der Waals surface area contributed by atoms with Gasteiger partial charge in [-0.15, -0.1) is 11.8 Å². The Labute approximate surface area is 188 Å². The van der Waals surface area contributed by atoms with E-state index in [0.29, 0.717) is 12.5 Å². The molecular formula is C24H30N4O2S. The Hall–Kier alpha value is -2.67. The van der Waals surface area contributed by atoms with Gasteiger partial charge in [-0.25, -0.2) is 0 Å². The average Bonchev–Trinajstić information content (AvgIpc) is 3.28. The van der Waals surface area contributed by atoms with Gasteiger partial charge in [-0.1, -0.05) is 30.3 Å². The molecule has 1 amide bonds. The zero-order chi connectivity index (χ0) is 21.5. The van der Waals surface area contributed by atoms with E-state index in [0.717, 1.165) is 49.2 Å². The van der Waals surface area contributed by atoms with E-state index < -0.39 is 0 Å². The number of para-hydroxylation sites is 2. The molecule has 1 fully saturated rings. The lowest BCUT2D eigenvalue weighted by molar-refractivity contribution is -0.121. The molecule has 4 rings (SSSR count). The molecule has 0 bridgehead atoms. The second-order valence-corrected chi connectivity index (χ2v) is 8.95. The van der Waals surface area contributed by atoms with Crippen LogP contribution in [0.5, 0.6) is 5.75 Å². The third kappa shape index (κ3) is 5.53. The fourth-order valence-corrected chi connectivity index (χ4v) is 5.11. The summed E-state index contributed by atoms with van der Waals surface area (Å²) in [5.74, 6) is 3.56. The molecule has 0 spiro atoms. The summed E-state index contributed by atoms with van der Waals surface area (Å²) in [6.07, 6.45) is 2.04. The van der Waals surface area contributed by atoms with Crippen LogP contribution in [-0.2, 0) is 4.79 Å². The highest BCUT2D eigenvalue weighted by atomic mass is 32.2. The first-order chi connectivity index (χ1) is 15.2. The standard InChI is InChI=1S/C24H30N4O2S/c1-25-24(27-15-12-19(16-27)18-31-20-8-3-2-4-9-20)26-13-7-14-28-21-10-5-6-11-22(21)30-17-23(28)29/h2-6,8-11,19H,7,12-18H2,1H3,(H,25,26). The maximum absolute atomic E-state index is 12.3. The van der Waals surface area contributed by atoms with E-state index in [2.05, 4.69) is 45.5 Å². The third-order valence-electron chi connectivity index (χ3n) is 5.68. The monoisotopic (exact) mass is 438 g/mol. The maximum Gasteiger partial charge on any atom is 0.265 e. The van der Waals surface area contributed by atoms with Crippen molar-refractivity contribution in [3.63, 3.8) is 0 Å². The molecule has 1 unspecified atom stereocenters. The Morgan fingerprint density at radius 3 is 2.84 bits per heavy atom. The molecule has 164 valence electrons. The number of benzene rings is 2. The maximum atomic E-state index is 12.3. The molecule has 6 nitrogen and oxygen atoms in total. The molecule has 1 atom stereocenters. The summed E-state index contributed by atoms with van der Waals surface area (Å²) < 4.78 is 5.52. The van der Waals surface area contributed by atoms with Crippen molar-refractivity contribution in [2.24, 2.45) is 10.9 Å². The first kappa shape index (κ1) is 21.6. The second kappa shape index (κ2) is 10.6. The number of aliphatic imine (C=N–C) groups is 1. The molecule has 1 N–H and O–H groups in total. The number of hydrogen-bond acceptors (Lipinski definition) is 4. The first-order valence-corrected chi connectivity index (χ1v) is 11.9. The molecule has 2 aliphatic heterocycles. The summed E-state index contributed by atoms with van der Waals surface area (Å²) in [6.45, 7) is 3.63. The molecule has 0 aliphatic carbocycles. The van der Waals surface area contributed by atoms with Crippen molar-refractivity contribution in [1.82, 2.24) is 10.2 Å². The second-order valence-electron chi connectivity index (χ2n) is 7.85. The van der Waals surface area contributed by atoms with Crippen molar-refractivity contribution in [3.05, 3.63) is 54.6 Å². The molecule has 31 heavy (non-hydrogen) atoms. The highest BCUT2D eigenvalue weighted by molar-refractivity contribution is 7.99. The number of carbonyl (C=O) groups excluding carboxylic acids is 1. The van der Waals surface area contributed by atoms with E-state index in [1.54, 1.807) is 0 Å². The Bertz CT molecular complexity index is 905. The molecular weight excluding hydrogens is 408 g/mol. The molecule has 1 saturated heterocycles. The summed E-state index contributed by atoms with van der Waals surface area (Å²) in [5.41, 5.74) is 0.862. The molecule has 2 aromatic rings. The number of guanidine groups is 1.